The highest BCUT2D eigenvalue weighted by molar-refractivity contribution is 7.80. The average Bonchev–Trinajstić information content (AvgIpc) is 2.93. The van der Waals surface area contributed by atoms with Gasteiger partial charge in [0.15, 0.2) is 0 Å². The van der Waals surface area contributed by atoms with Crippen molar-refractivity contribution in [1.82, 2.24) is 9.55 Å². The topological polar surface area (TPSA) is 21.1 Å². The SMILES string of the molecule is CC(C)(C)C1=CC=CC23CC=CC=C2n2c([S])cnc2N13. The summed E-state index contributed by atoms with van der Waals surface area (Å²) in [5.74, 6) is 0.945. The first-order valence-corrected chi connectivity index (χ1v) is 7.69. The van der Waals surface area contributed by atoms with Gasteiger partial charge in [-0.2, -0.15) is 0 Å². The van der Waals surface area contributed by atoms with Crippen LogP contribution in [0.15, 0.2) is 53.4 Å². The van der Waals surface area contributed by atoms with Gasteiger partial charge in [0.05, 0.1) is 11.9 Å². The second-order valence-corrected chi connectivity index (χ2v) is 7.25. The predicted octanol–water partition coefficient (Wildman–Crippen LogP) is 4.30. The van der Waals surface area contributed by atoms with Crippen LogP contribution in [-0.2, 0) is 0 Å². The van der Waals surface area contributed by atoms with E-state index in [1.807, 2.05) is 0 Å². The van der Waals surface area contributed by atoms with Crippen molar-refractivity contribution in [3.05, 3.63) is 48.4 Å². The normalized spacial score (nSPS) is 26.1. The number of aromatic nitrogens is 2. The smallest absolute Gasteiger partial charge is 0.216 e. The van der Waals surface area contributed by atoms with Crippen molar-refractivity contribution in [2.45, 2.75) is 37.8 Å². The second kappa shape index (κ2) is 3.89. The molecule has 0 aromatic carbocycles. The molecule has 3 nitrogen and oxygen atoms in total. The maximum absolute atomic E-state index is 5.50. The summed E-state index contributed by atoms with van der Waals surface area (Å²) in [6, 6.07) is 0. The highest BCUT2D eigenvalue weighted by Gasteiger charge is 2.52. The van der Waals surface area contributed by atoms with Crippen LogP contribution in [0.4, 0.5) is 5.95 Å². The minimum absolute atomic E-state index is 0.0484. The number of allylic oxidation sites excluding steroid dienone is 5. The highest BCUT2D eigenvalue weighted by Crippen LogP contribution is 2.53. The van der Waals surface area contributed by atoms with Crippen molar-refractivity contribution in [2.24, 2.45) is 5.41 Å². The summed E-state index contributed by atoms with van der Waals surface area (Å²) in [5.41, 5.74) is 2.38. The van der Waals surface area contributed by atoms with Crippen molar-refractivity contribution in [3.63, 3.8) is 0 Å². The molecule has 0 bridgehead atoms. The molecule has 0 saturated carbocycles. The first kappa shape index (κ1) is 12.9. The standard InChI is InChI=1S/C17H18N3S/c1-16(2,3)12-8-6-10-17-9-5-4-7-13(17)19-14(21)11-18-15(19)20(12)17/h4-8,10-11H,9H2,1-3H3. The molecule has 4 rings (SSSR count). The van der Waals surface area contributed by atoms with Gasteiger partial charge in [-0.15, -0.1) is 0 Å². The van der Waals surface area contributed by atoms with E-state index in [4.69, 9.17) is 12.6 Å². The Labute approximate surface area is 130 Å². The average molecular weight is 296 g/mol. The largest absolute Gasteiger partial charge is 0.299 e. The zero-order valence-corrected chi connectivity index (χ0v) is 13.3. The molecule has 21 heavy (non-hydrogen) atoms. The van der Waals surface area contributed by atoms with Gasteiger partial charge < -0.3 is 0 Å². The number of fused-ring (bicyclic) bond motifs is 3. The zero-order chi connectivity index (χ0) is 14.8. The third-order valence-corrected chi connectivity index (χ3v) is 4.74. The number of hydrogen-bond donors (Lipinski definition) is 0. The number of rotatable bonds is 0. The van der Waals surface area contributed by atoms with Crippen LogP contribution < -0.4 is 4.90 Å². The van der Waals surface area contributed by atoms with E-state index >= 15 is 0 Å². The molecule has 1 atom stereocenters. The summed E-state index contributed by atoms with van der Waals surface area (Å²) >= 11 is 5.50. The lowest BCUT2D eigenvalue weighted by atomic mass is 9.80. The van der Waals surface area contributed by atoms with E-state index < -0.39 is 0 Å². The van der Waals surface area contributed by atoms with Gasteiger partial charge in [-0.05, 0) is 18.6 Å². The van der Waals surface area contributed by atoms with Gasteiger partial charge >= 0.3 is 0 Å². The molecule has 107 valence electrons. The first-order valence-electron chi connectivity index (χ1n) is 7.28. The summed E-state index contributed by atoms with van der Waals surface area (Å²) in [6.07, 6.45) is 15.9. The van der Waals surface area contributed by atoms with E-state index in [-0.39, 0.29) is 11.0 Å². The molecule has 2 aliphatic heterocycles. The Morgan fingerprint density at radius 1 is 1.24 bits per heavy atom. The number of imidazole rings is 1. The third-order valence-electron chi connectivity index (χ3n) is 4.45. The Hall–Kier alpha value is -1.81. The van der Waals surface area contributed by atoms with E-state index in [0.717, 1.165) is 17.4 Å². The molecule has 3 aliphatic rings. The van der Waals surface area contributed by atoms with Gasteiger partial charge in [0.25, 0.3) is 0 Å². The molecule has 3 heterocycles. The summed E-state index contributed by atoms with van der Waals surface area (Å²) in [4.78, 5) is 6.98. The molecular formula is C17H18N3S. The van der Waals surface area contributed by atoms with E-state index in [1.165, 1.54) is 11.4 Å². The van der Waals surface area contributed by atoms with Gasteiger partial charge in [-0.1, -0.05) is 57.7 Å². The van der Waals surface area contributed by atoms with Crippen LogP contribution in [0.1, 0.15) is 27.2 Å². The maximum Gasteiger partial charge on any atom is 0.216 e. The minimum Gasteiger partial charge on any atom is -0.299 e. The number of anilines is 1. The lowest BCUT2D eigenvalue weighted by Gasteiger charge is -2.44. The van der Waals surface area contributed by atoms with Gasteiger partial charge in [0.2, 0.25) is 5.95 Å². The fourth-order valence-corrected chi connectivity index (χ4v) is 3.76. The van der Waals surface area contributed by atoms with Crippen LogP contribution in [0.2, 0.25) is 0 Å². The Morgan fingerprint density at radius 3 is 2.81 bits per heavy atom. The molecule has 0 N–H and O–H groups in total. The number of hydrogen-bond acceptors (Lipinski definition) is 2. The van der Waals surface area contributed by atoms with Crippen molar-refractivity contribution in [1.29, 1.82) is 0 Å². The summed E-state index contributed by atoms with van der Waals surface area (Å²) < 4.78 is 2.12. The molecule has 1 aliphatic carbocycles. The van der Waals surface area contributed by atoms with Crippen LogP contribution in [0.25, 0.3) is 5.70 Å². The monoisotopic (exact) mass is 296 g/mol. The lowest BCUT2D eigenvalue weighted by molar-refractivity contribution is 0.455. The highest BCUT2D eigenvalue weighted by atomic mass is 32.1. The Balaban J connectivity index is 2.02. The van der Waals surface area contributed by atoms with Crippen LogP contribution >= 0.6 is 12.6 Å². The van der Waals surface area contributed by atoms with Crippen LogP contribution in [0.5, 0.6) is 0 Å². The number of nitrogens with zero attached hydrogens (tertiary/aromatic N) is 3. The van der Waals surface area contributed by atoms with Crippen LogP contribution in [0.3, 0.4) is 0 Å². The van der Waals surface area contributed by atoms with Gasteiger partial charge in [-0.25, -0.2) is 4.98 Å². The van der Waals surface area contributed by atoms with Crippen LogP contribution in [-0.4, -0.2) is 15.1 Å². The Kier molecular flexibility index (Phi) is 2.39. The third kappa shape index (κ3) is 1.51. The Morgan fingerprint density at radius 2 is 2.05 bits per heavy atom. The summed E-state index contributed by atoms with van der Waals surface area (Å²) in [6.45, 7) is 6.73. The van der Waals surface area contributed by atoms with Crippen molar-refractivity contribution in [3.8, 4) is 0 Å². The molecule has 1 aromatic rings. The fourth-order valence-electron chi connectivity index (χ4n) is 3.53. The van der Waals surface area contributed by atoms with Gasteiger partial charge in [-0.3, -0.25) is 9.47 Å². The van der Waals surface area contributed by atoms with Gasteiger partial charge in [0, 0.05) is 11.1 Å². The molecule has 0 saturated heterocycles. The van der Waals surface area contributed by atoms with Crippen molar-refractivity contribution < 1.29 is 0 Å². The molecule has 0 fully saturated rings. The molecule has 4 heteroatoms. The van der Waals surface area contributed by atoms with Crippen LogP contribution in [0, 0.1) is 5.41 Å². The maximum atomic E-state index is 5.50. The molecule has 1 aromatic heterocycles. The van der Waals surface area contributed by atoms with E-state index in [0.29, 0.717) is 0 Å². The Bertz CT molecular complexity index is 743. The lowest BCUT2D eigenvalue weighted by Crippen LogP contribution is -2.48. The van der Waals surface area contributed by atoms with E-state index in [2.05, 4.69) is 71.7 Å². The fraction of sp³-hybridized carbons (Fsp3) is 0.353. The molecule has 1 spiro atoms. The predicted molar refractivity (Wildman–Crippen MR) is 88.0 cm³/mol. The minimum atomic E-state index is -0.163. The molecule has 1 unspecified atom stereocenters. The molecular weight excluding hydrogens is 278 g/mol. The van der Waals surface area contributed by atoms with E-state index in [9.17, 15) is 0 Å². The van der Waals surface area contributed by atoms with Gasteiger partial charge in [0.1, 0.15) is 10.6 Å². The summed E-state index contributed by atoms with van der Waals surface area (Å²) in [7, 11) is 0. The van der Waals surface area contributed by atoms with Crippen molar-refractivity contribution >= 4 is 24.3 Å². The van der Waals surface area contributed by atoms with E-state index in [1.54, 1.807) is 6.20 Å². The first-order chi connectivity index (χ1) is 9.95. The summed E-state index contributed by atoms with van der Waals surface area (Å²) in [5, 5.41) is 0.780. The zero-order valence-electron chi connectivity index (χ0n) is 12.5. The quantitative estimate of drug-likeness (QED) is 0.712. The molecule has 1 radical (unpaired) electrons. The molecule has 0 amide bonds. The van der Waals surface area contributed by atoms with Crippen molar-refractivity contribution in [2.75, 3.05) is 4.90 Å². The second-order valence-electron chi connectivity index (χ2n) is 6.84.